The van der Waals surface area contributed by atoms with Gasteiger partial charge in [0.2, 0.25) is 0 Å². The van der Waals surface area contributed by atoms with Crippen molar-refractivity contribution in [1.82, 2.24) is 15.1 Å². The fourth-order valence-electron chi connectivity index (χ4n) is 3.82. The Balaban J connectivity index is 1.42. The lowest BCUT2D eigenvalue weighted by atomic mass is 9.90. The molecule has 0 bridgehead atoms. The SMILES string of the molecule is COC1(C(=O)N2CCN(CC(O)COc3ccccc3)CC2)CCNCC1. The van der Waals surface area contributed by atoms with Crippen LogP contribution < -0.4 is 10.1 Å². The van der Waals surface area contributed by atoms with E-state index in [0.29, 0.717) is 19.6 Å². The number of nitrogens with zero attached hydrogens (tertiary/aromatic N) is 2. The van der Waals surface area contributed by atoms with Crippen LogP contribution in [0.3, 0.4) is 0 Å². The van der Waals surface area contributed by atoms with Crippen molar-refractivity contribution in [3.63, 3.8) is 0 Å². The van der Waals surface area contributed by atoms with Crippen molar-refractivity contribution in [3.05, 3.63) is 30.3 Å². The average molecular weight is 377 g/mol. The van der Waals surface area contributed by atoms with E-state index in [1.807, 2.05) is 35.2 Å². The Labute approximate surface area is 161 Å². The molecule has 27 heavy (non-hydrogen) atoms. The van der Waals surface area contributed by atoms with Crippen LogP contribution in [0.25, 0.3) is 0 Å². The first kappa shape index (κ1) is 20.1. The topological polar surface area (TPSA) is 74.3 Å². The molecule has 7 nitrogen and oxygen atoms in total. The lowest BCUT2D eigenvalue weighted by Gasteiger charge is -2.42. The number of carbonyl (C=O) groups is 1. The van der Waals surface area contributed by atoms with Crippen molar-refractivity contribution >= 4 is 5.91 Å². The molecule has 1 amide bonds. The summed E-state index contributed by atoms with van der Waals surface area (Å²) in [6, 6.07) is 9.51. The van der Waals surface area contributed by atoms with E-state index in [0.717, 1.165) is 44.8 Å². The number of piperazine rings is 1. The van der Waals surface area contributed by atoms with Gasteiger partial charge in [-0.2, -0.15) is 0 Å². The fraction of sp³-hybridized carbons (Fsp3) is 0.650. The van der Waals surface area contributed by atoms with Gasteiger partial charge in [-0.15, -0.1) is 0 Å². The molecule has 0 radical (unpaired) electrons. The molecule has 0 saturated carbocycles. The van der Waals surface area contributed by atoms with Crippen LogP contribution in [0.2, 0.25) is 0 Å². The molecule has 0 spiro atoms. The zero-order valence-corrected chi connectivity index (χ0v) is 16.1. The molecule has 2 N–H and O–H groups in total. The van der Waals surface area contributed by atoms with Crippen molar-refractivity contribution in [1.29, 1.82) is 0 Å². The Morgan fingerprint density at radius 2 is 1.85 bits per heavy atom. The summed E-state index contributed by atoms with van der Waals surface area (Å²) in [6.07, 6.45) is 0.887. The van der Waals surface area contributed by atoms with E-state index in [9.17, 15) is 9.90 Å². The predicted molar refractivity (Wildman–Crippen MR) is 103 cm³/mol. The molecule has 2 aliphatic rings. The highest BCUT2D eigenvalue weighted by Gasteiger charge is 2.43. The summed E-state index contributed by atoms with van der Waals surface area (Å²) in [5.74, 6) is 0.873. The summed E-state index contributed by atoms with van der Waals surface area (Å²) in [7, 11) is 1.64. The molecule has 150 valence electrons. The summed E-state index contributed by atoms with van der Waals surface area (Å²) in [5, 5.41) is 13.5. The van der Waals surface area contributed by atoms with E-state index >= 15 is 0 Å². The molecule has 2 aliphatic heterocycles. The van der Waals surface area contributed by atoms with Gasteiger partial charge in [0.25, 0.3) is 5.91 Å². The number of hydrogen-bond donors (Lipinski definition) is 2. The van der Waals surface area contributed by atoms with Gasteiger partial charge in [0.1, 0.15) is 24.1 Å². The second kappa shape index (κ2) is 9.50. The summed E-state index contributed by atoms with van der Waals surface area (Å²) < 4.78 is 11.3. The molecule has 1 atom stereocenters. The van der Waals surface area contributed by atoms with E-state index in [2.05, 4.69) is 10.2 Å². The number of β-amino-alcohol motifs (C(OH)–C–C–N with tert-alkyl or cyclic N) is 1. The molecule has 1 unspecified atom stereocenters. The number of aliphatic hydroxyl groups excluding tert-OH is 1. The first-order chi connectivity index (χ1) is 13.1. The van der Waals surface area contributed by atoms with Crippen LogP contribution in [0, 0.1) is 0 Å². The van der Waals surface area contributed by atoms with E-state index in [1.54, 1.807) is 7.11 Å². The highest BCUT2D eigenvalue weighted by atomic mass is 16.5. The molecule has 0 aromatic heterocycles. The van der Waals surface area contributed by atoms with Gasteiger partial charge in [-0.05, 0) is 38.1 Å². The van der Waals surface area contributed by atoms with Gasteiger partial charge in [0.05, 0.1) is 0 Å². The number of methoxy groups -OCH3 is 1. The van der Waals surface area contributed by atoms with E-state index in [-0.39, 0.29) is 12.5 Å². The highest BCUT2D eigenvalue weighted by molar-refractivity contribution is 5.85. The van der Waals surface area contributed by atoms with Gasteiger partial charge >= 0.3 is 0 Å². The minimum absolute atomic E-state index is 0.110. The van der Waals surface area contributed by atoms with Gasteiger partial charge in [0.15, 0.2) is 0 Å². The minimum atomic E-state index is -0.670. The van der Waals surface area contributed by atoms with Gasteiger partial charge in [-0.25, -0.2) is 0 Å². The van der Waals surface area contributed by atoms with Crippen molar-refractivity contribution in [2.75, 3.05) is 59.5 Å². The van der Waals surface area contributed by atoms with Crippen LogP contribution in [0.1, 0.15) is 12.8 Å². The summed E-state index contributed by atoms with van der Waals surface area (Å²) in [5.41, 5.74) is -0.670. The third kappa shape index (κ3) is 5.19. The first-order valence-electron chi connectivity index (χ1n) is 9.76. The second-order valence-corrected chi connectivity index (χ2v) is 7.32. The monoisotopic (exact) mass is 377 g/mol. The standard InChI is InChI=1S/C20H31N3O4/c1-26-20(7-9-21-10-8-20)19(25)23-13-11-22(12-14-23)15-17(24)16-27-18-5-3-2-4-6-18/h2-6,17,21,24H,7-16H2,1H3. The zero-order chi connectivity index (χ0) is 19.1. The number of ether oxygens (including phenoxy) is 2. The number of aliphatic hydroxyl groups is 1. The molecule has 0 aliphatic carbocycles. The van der Waals surface area contributed by atoms with Crippen molar-refractivity contribution in [2.45, 2.75) is 24.5 Å². The Hall–Kier alpha value is -1.67. The number of para-hydroxylation sites is 1. The summed E-state index contributed by atoms with van der Waals surface area (Å²) >= 11 is 0. The maximum atomic E-state index is 13.0. The number of benzene rings is 1. The molecular formula is C20H31N3O4. The normalized spacial score (nSPS) is 21.6. The highest BCUT2D eigenvalue weighted by Crippen LogP contribution is 2.25. The summed E-state index contributed by atoms with van der Waals surface area (Å²) in [6.45, 7) is 5.29. The quantitative estimate of drug-likeness (QED) is 0.714. The van der Waals surface area contributed by atoms with Gasteiger partial charge in [-0.3, -0.25) is 9.69 Å². The van der Waals surface area contributed by atoms with Crippen LogP contribution >= 0.6 is 0 Å². The maximum absolute atomic E-state index is 13.0. The molecule has 2 heterocycles. The molecule has 1 aromatic rings. The Morgan fingerprint density at radius 3 is 2.48 bits per heavy atom. The smallest absolute Gasteiger partial charge is 0.254 e. The van der Waals surface area contributed by atoms with E-state index in [1.165, 1.54) is 0 Å². The average Bonchev–Trinajstić information content (AvgIpc) is 2.73. The number of hydrogen-bond acceptors (Lipinski definition) is 6. The van der Waals surface area contributed by atoms with Crippen LogP contribution in [0.5, 0.6) is 5.75 Å². The van der Waals surface area contributed by atoms with Crippen molar-refractivity contribution in [3.8, 4) is 5.75 Å². The number of rotatable bonds is 7. The Kier molecular flexibility index (Phi) is 7.07. The molecule has 1 aromatic carbocycles. The van der Waals surface area contributed by atoms with Crippen molar-refractivity contribution in [2.24, 2.45) is 0 Å². The van der Waals surface area contributed by atoms with Crippen molar-refractivity contribution < 1.29 is 19.4 Å². The van der Waals surface area contributed by atoms with Crippen LogP contribution in [-0.4, -0.2) is 92.0 Å². The number of piperidine rings is 1. The molecule has 3 rings (SSSR count). The number of carbonyl (C=O) groups excluding carboxylic acids is 1. The first-order valence-corrected chi connectivity index (χ1v) is 9.76. The molecular weight excluding hydrogens is 346 g/mol. The van der Waals surface area contributed by atoms with Crippen LogP contribution in [0.15, 0.2) is 30.3 Å². The Bertz CT molecular complexity index is 584. The minimum Gasteiger partial charge on any atom is -0.491 e. The predicted octanol–water partition coefficient (Wildman–Crippen LogP) is 0.339. The van der Waals surface area contributed by atoms with Crippen LogP contribution in [-0.2, 0) is 9.53 Å². The summed E-state index contributed by atoms with van der Waals surface area (Å²) in [4.78, 5) is 17.1. The number of amides is 1. The molecule has 2 saturated heterocycles. The molecule has 2 fully saturated rings. The maximum Gasteiger partial charge on any atom is 0.254 e. The zero-order valence-electron chi connectivity index (χ0n) is 16.1. The molecule has 7 heteroatoms. The third-order valence-electron chi connectivity index (χ3n) is 5.51. The second-order valence-electron chi connectivity index (χ2n) is 7.32. The third-order valence-corrected chi connectivity index (χ3v) is 5.51. The van der Waals surface area contributed by atoms with E-state index in [4.69, 9.17) is 9.47 Å². The van der Waals surface area contributed by atoms with Gasteiger partial charge in [0, 0.05) is 39.8 Å². The lowest BCUT2D eigenvalue weighted by molar-refractivity contribution is -0.160. The number of nitrogens with one attached hydrogen (secondary N) is 1. The van der Waals surface area contributed by atoms with Gasteiger partial charge in [-0.1, -0.05) is 18.2 Å². The van der Waals surface area contributed by atoms with Crippen LogP contribution in [0.4, 0.5) is 0 Å². The lowest BCUT2D eigenvalue weighted by Crippen LogP contribution is -2.59. The fourth-order valence-corrected chi connectivity index (χ4v) is 3.82. The largest absolute Gasteiger partial charge is 0.491 e. The van der Waals surface area contributed by atoms with Gasteiger partial charge < -0.3 is 24.8 Å². The Morgan fingerprint density at radius 1 is 1.19 bits per heavy atom. The van der Waals surface area contributed by atoms with E-state index < -0.39 is 11.7 Å².